The molecule has 0 spiro atoms. The molecule has 5 rings (SSSR count). The fourth-order valence-electron chi connectivity index (χ4n) is 6.31. The molecule has 4 aliphatic rings. The summed E-state index contributed by atoms with van der Waals surface area (Å²) in [5, 5.41) is 19.4. The van der Waals surface area contributed by atoms with Crippen molar-refractivity contribution in [1.82, 2.24) is 29.5 Å². The number of pyridine rings is 1. The highest BCUT2D eigenvalue weighted by atomic mass is 16.3. The smallest absolute Gasteiger partial charge is 0.129 e. The van der Waals surface area contributed by atoms with Crippen LogP contribution in [0.4, 0.5) is 0 Å². The Labute approximate surface area is 221 Å². The van der Waals surface area contributed by atoms with Crippen molar-refractivity contribution in [2.24, 2.45) is 4.99 Å². The molecule has 1 aromatic rings. The average Bonchev–Trinajstić information content (AvgIpc) is 3.25. The second-order valence-electron chi connectivity index (χ2n) is 10.8. The first-order valence-corrected chi connectivity index (χ1v) is 13.9. The number of aliphatic hydroxyl groups excluding tert-OH is 2. The third kappa shape index (κ3) is 5.76. The lowest BCUT2D eigenvalue weighted by molar-refractivity contribution is 0.105. The largest absolute Gasteiger partial charge is 0.395 e. The molecule has 3 atom stereocenters. The van der Waals surface area contributed by atoms with Crippen molar-refractivity contribution in [3.05, 3.63) is 53.6 Å². The molecule has 2 unspecified atom stereocenters. The van der Waals surface area contributed by atoms with E-state index >= 15 is 0 Å². The zero-order chi connectivity index (χ0) is 25.8. The van der Waals surface area contributed by atoms with Gasteiger partial charge in [-0.15, -0.1) is 0 Å². The van der Waals surface area contributed by atoms with Gasteiger partial charge in [-0.3, -0.25) is 19.8 Å². The van der Waals surface area contributed by atoms with Crippen molar-refractivity contribution >= 4 is 5.84 Å². The summed E-state index contributed by atoms with van der Waals surface area (Å²) in [5.74, 6) is 2.25. The van der Waals surface area contributed by atoms with Crippen molar-refractivity contribution in [3.8, 4) is 0 Å². The summed E-state index contributed by atoms with van der Waals surface area (Å²) in [5.41, 5.74) is 2.59. The molecule has 0 radical (unpaired) electrons. The second-order valence-corrected chi connectivity index (χ2v) is 10.8. The average molecular weight is 510 g/mol. The maximum absolute atomic E-state index is 9.71. The minimum absolute atomic E-state index is 0.0765. The molecule has 0 saturated carbocycles. The number of rotatable bonds is 10. The highest BCUT2D eigenvalue weighted by Crippen LogP contribution is 2.34. The van der Waals surface area contributed by atoms with Crippen LogP contribution in [0.5, 0.6) is 0 Å². The van der Waals surface area contributed by atoms with Gasteiger partial charge < -0.3 is 24.9 Å². The zero-order valence-electron chi connectivity index (χ0n) is 22.4. The van der Waals surface area contributed by atoms with Crippen LogP contribution in [0.25, 0.3) is 0 Å². The minimum atomic E-state index is 0.0765. The number of aromatic nitrogens is 1. The number of nitrogens with zero attached hydrogens (tertiary/aromatic N) is 7. The van der Waals surface area contributed by atoms with Crippen LogP contribution in [0.3, 0.4) is 0 Å². The number of aryl methyl sites for hydroxylation is 1. The predicted octanol–water partition coefficient (Wildman–Crippen LogP) is 0.787. The number of hydrogen-bond donors (Lipinski definition) is 2. The molecule has 0 bridgehead atoms. The Hall–Kier alpha value is -2.30. The fourth-order valence-corrected chi connectivity index (χ4v) is 6.31. The van der Waals surface area contributed by atoms with Gasteiger partial charge in [-0.2, -0.15) is 0 Å². The number of fused-ring (bicyclic) bond motifs is 2. The van der Waals surface area contributed by atoms with Gasteiger partial charge in [0.1, 0.15) is 11.7 Å². The number of likely N-dealkylation sites (N-methyl/N-ethyl adjacent to an activating group) is 2. The van der Waals surface area contributed by atoms with E-state index in [4.69, 9.17) is 9.98 Å². The fraction of sp³-hybridized carbons (Fsp3) is 0.643. The molecule has 0 amide bonds. The van der Waals surface area contributed by atoms with E-state index in [1.807, 2.05) is 12.3 Å². The van der Waals surface area contributed by atoms with Crippen LogP contribution in [0.15, 0.2) is 47.4 Å². The summed E-state index contributed by atoms with van der Waals surface area (Å²) >= 11 is 0. The van der Waals surface area contributed by atoms with E-state index in [1.54, 1.807) is 0 Å². The van der Waals surface area contributed by atoms with Gasteiger partial charge in [0, 0.05) is 58.6 Å². The molecule has 37 heavy (non-hydrogen) atoms. The normalized spacial score (nSPS) is 25.9. The molecule has 3 aliphatic heterocycles. The van der Waals surface area contributed by atoms with Gasteiger partial charge >= 0.3 is 0 Å². The van der Waals surface area contributed by atoms with E-state index in [0.29, 0.717) is 19.1 Å². The van der Waals surface area contributed by atoms with Crippen molar-refractivity contribution < 1.29 is 10.2 Å². The van der Waals surface area contributed by atoms with Gasteiger partial charge in [-0.1, -0.05) is 12.1 Å². The number of piperazine rings is 1. The van der Waals surface area contributed by atoms with Crippen LogP contribution >= 0.6 is 0 Å². The van der Waals surface area contributed by atoms with E-state index in [1.165, 1.54) is 23.5 Å². The van der Waals surface area contributed by atoms with Crippen molar-refractivity contribution in [1.29, 1.82) is 0 Å². The molecule has 2 N–H and O–H groups in total. The molecule has 1 aliphatic carbocycles. The molecule has 9 nitrogen and oxygen atoms in total. The summed E-state index contributed by atoms with van der Waals surface area (Å²) in [4.78, 5) is 22.0. The quantitative estimate of drug-likeness (QED) is 0.479. The monoisotopic (exact) mass is 509 g/mol. The first-order valence-electron chi connectivity index (χ1n) is 13.9. The lowest BCUT2D eigenvalue weighted by Crippen LogP contribution is -2.55. The summed E-state index contributed by atoms with van der Waals surface area (Å²) in [7, 11) is 4.40. The highest BCUT2D eigenvalue weighted by Gasteiger charge is 2.42. The van der Waals surface area contributed by atoms with Crippen LogP contribution < -0.4 is 0 Å². The van der Waals surface area contributed by atoms with Gasteiger partial charge in [0.2, 0.25) is 0 Å². The maximum Gasteiger partial charge on any atom is 0.129 e. The molecule has 1 aromatic heterocycles. The van der Waals surface area contributed by atoms with Gasteiger partial charge in [-0.05, 0) is 57.1 Å². The molecule has 1 saturated heterocycles. The standard InChI is InChI=1S/C28H43N7O2/c1-31-12-14-34(15-13-31)27-10-4-9-26-30-23(25(35(26)27)21-33(16-18-36)17-19-37)20-32(2)24-8-3-6-22-7-5-11-29-28(22)24/h4-5,7,9-11,23-25,36-37H,3,6,8,12-21H2,1-2H3/t23?,24-,25?/m0/s1. The van der Waals surface area contributed by atoms with Crippen LogP contribution in [0, 0.1) is 0 Å². The van der Waals surface area contributed by atoms with E-state index in [-0.39, 0.29) is 25.3 Å². The van der Waals surface area contributed by atoms with Gasteiger partial charge in [0.05, 0.1) is 37.0 Å². The van der Waals surface area contributed by atoms with Gasteiger partial charge in [-0.25, -0.2) is 0 Å². The number of aliphatic hydroxyl groups is 2. The predicted molar refractivity (Wildman–Crippen MR) is 146 cm³/mol. The number of amidine groups is 1. The Balaban J connectivity index is 1.39. The molecule has 202 valence electrons. The zero-order valence-corrected chi connectivity index (χ0v) is 22.4. The Morgan fingerprint density at radius 1 is 1.08 bits per heavy atom. The SMILES string of the molecule is CN1CCN(C2=CC=CC3=NC(CN(C)[C@H]4CCCc5cccnc54)C(CN(CCO)CCO)N23)CC1. The first-order chi connectivity index (χ1) is 18.1. The third-order valence-electron chi connectivity index (χ3n) is 8.34. The summed E-state index contributed by atoms with van der Waals surface area (Å²) in [6.45, 7) is 6.93. The Kier molecular flexibility index (Phi) is 8.56. The van der Waals surface area contributed by atoms with Crippen LogP contribution in [-0.2, 0) is 6.42 Å². The molecule has 1 fully saturated rings. The van der Waals surface area contributed by atoms with Crippen LogP contribution in [0.1, 0.15) is 30.1 Å². The van der Waals surface area contributed by atoms with Crippen LogP contribution in [-0.4, -0.2) is 137 Å². The first kappa shape index (κ1) is 26.3. The highest BCUT2D eigenvalue weighted by molar-refractivity contribution is 5.97. The van der Waals surface area contributed by atoms with Gasteiger partial charge in [0.15, 0.2) is 0 Å². The Bertz CT molecular complexity index is 998. The van der Waals surface area contributed by atoms with E-state index in [9.17, 15) is 10.2 Å². The molecule has 0 aromatic carbocycles. The Morgan fingerprint density at radius 3 is 2.62 bits per heavy atom. The number of hydrogen-bond acceptors (Lipinski definition) is 9. The lowest BCUT2D eigenvalue weighted by Gasteiger charge is -2.43. The van der Waals surface area contributed by atoms with Crippen LogP contribution in [0.2, 0.25) is 0 Å². The molecule has 4 heterocycles. The molecular weight excluding hydrogens is 466 g/mol. The van der Waals surface area contributed by atoms with Gasteiger partial charge in [0.25, 0.3) is 0 Å². The second kappa shape index (κ2) is 12.0. The minimum Gasteiger partial charge on any atom is -0.395 e. The maximum atomic E-state index is 9.71. The topological polar surface area (TPSA) is 81.9 Å². The lowest BCUT2D eigenvalue weighted by atomic mass is 9.90. The van der Waals surface area contributed by atoms with Crippen molar-refractivity contribution in [3.63, 3.8) is 0 Å². The number of allylic oxidation sites excluding steroid dienone is 2. The molecule has 9 heteroatoms. The number of aliphatic imine (C=N–C) groups is 1. The van der Waals surface area contributed by atoms with Crippen molar-refractivity contribution in [2.75, 3.05) is 79.7 Å². The van der Waals surface area contributed by atoms with E-state index < -0.39 is 0 Å². The third-order valence-corrected chi connectivity index (χ3v) is 8.34. The van der Waals surface area contributed by atoms with Crippen molar-refractivity contribution in [2.45, 2.75) is 37.4 Å². The van der Waals surface area contributed by atoms with E-state index in [0.717, 1.165) is 57.9 Å². The summed E-state index contributed by atoms with van der Waals surface area (Å²) in [6, 6.07) is 4.78. The summed E-state index contributed by atoms with van der Waals surface area (Å²) < 4.78 is 0. The van der Waals surface area contributed by atoms with E-state index in [2.05, 4.69) is 62.9 Å². The Morgan fingerprint density at radius 2 is 1.86 bits per heavy atom. The summed E-state index contributed by atoms with van der Waals surface area (Å²) in [6.07, 6.45) is 11.8. The molecular formula is C28H43N7O2.